The SMILES string of the molecule is COc1cc(/C=C2\SC(=O)N(c3ccccc3Cl)C2=O)cc(Br)c1OCc1cccc([N+](=O)[O-])c1. The summed E-state index contributed by atoms with van der Waals surface area (Å²) in [5, 5.41) is 10.8. The fourth-order valence-electron chi connectivity index (χ4n) is 3.34. The van der Waals surface area contributed by atoms with E-state index in [2.05, 4.69) is 15.9 Å². The van der Waals surface area contributed by atoms with Crippen molar-refractivity contribution in [2.75, 3.05) is 12.0 Å². The van der Waals surface area contributed by atoms with E-state index in [0.717, 1.165) is 16.7 Å². The Morgan fingerprint density at radius 3 is 2.63 bits per heavy atom. The van der Waals surface area contributed by atoms with Crippen LogP contribution in [0.4, 0.5) is 16.2 Å². The first-order valence-electron chi connectivity index (χ1n) is 10.0. The third kappa shape index (κ3) is 5.34. The van der Waals surface area contributed by atoms with Crippen molar-refractivity contribution in [2.24, 2.45) is 0 Å². The molecule has 0 bridgehead atoms. The number of ether oxygens (including phenoxy) is 2. The molecular weight excluding hydrogens is 560 g/mol. The van der Waals surface area contributed by atoms with Gasteiger partial charge < -0.3 is 9.47 Å². The van der Waals surface area contributed by atoms with Crippen LogP contribution in [0.2, 0.25) is 5.02 Å². The second-order valence-corrected chi connectivity index (χ2v) is 9.47. The topological polar surface area (TPSA) is 99.0 Å². The third-order valence-electron chi connectivity index (χ3n) is 4.94. The molecule has 1 fully saturated rings. The number of nitro groups is 1. The van der Waals surface area contributed by atoms with E-state index in [1.54, 1.807) is 54.6 Å². The van der Waals surface area contributed by atoms with Crippen LogP contribution in [0.1, 0.15) is 11.1 Å². The minimum atomic E-state index is -0.478. The van der Waals surface area contributed by atoms with Gasteiger partial charge in [0.1, 0.15) is 6.61 Å². The van der Waals surface area contributed by atoms with Gasteiger partial charge in [0.05, 0.1) is 32.1 Å². The van der Waals surface area contributed by atoms with Gasteiger partial charge in [-0.05, 0) is 69.2 Å². The molecule has 0 N–H and O–H groups in total. The number of carbonyl (C=O) groups is 2. The van der Waals surface area contributed by atoms with Crippen LogP contribution >= 0.6 is 39.3 Å². The smallest absolute Gasteiger partial charge is 0.298 e. The predicted octanol–water partition coefficient (Wildman–Crippen LogP) is 6.84. The molecule has 11 heteroatoms. The minimum Gasteiger partial charge on any atom is -0.493 e. The minimum absolute atomic E-state index is 0.0294. The molecule has 3 aromatic rings. The maximum absolute atomic E-state index is 13.0. The summed E-state index contributed by atoms with van der Waals surface area (Å²) in [6.45, 7) is 0.0761. The molecule has 0 radical (unpaired) electrons. The first-order valence-corrected chi connectivity index (χ1v) is 12.0. The molecule has 0 saturated carbocycles. The van der Waals surface area contributed by atoms with Crippen LogP contribution in [0, 0.1) is 10.1 Å². The second-order valence-electron chi connectivity index (χ2n) is 7.22. The zero-order chi connectivity index (χ0) is 25.1. The molecule has 0 aliphatic carbocycles. The highest BCUT2D eigenvalue weighted by Crippen LogP contribution is 2.41. The second kappa shape index (κ2) is 10.5. The Morgan fingerprint density at radius 1 is 1.14 bits per heavy atom. The Hall–Kier alpha value is -3.34. The number of hydrogen-bond donors (Lipinski definition) is 0. The number of anilines is 1. The van der Waals surface area contributed by atoms with E-state index < -0.39 is 16.1 Å². The van der Waals surface area contributed by atoms with Crippen LogP contribution in [-0.4, -0.2) is 23.2 Å². The molecule has 1 saturated heterocycles. The number of thioether (sulfide) groups is 1. The van der Waals surface area contributed by atoms with Crippen LogP contribution in [0.5, 0.6) is 11.5 Å². The number of rotatable bonds is 7. The highest BCUT2D eigenvalue weighted by molar-refractivity contribution is 9.10. The van der Waals surface area contributed by atoms with Crippen LogP contribution in [0.25, 0.3) is 6.08 Å². The Labute approximate surface area is 217 Å². The Morgan fingerprint density at radius 2 is 1.91 bits per heavy atom. The van der Waals surface area contributed by atoms with Crippen molar-refractivity contribution in [1.29, 1.82) is 0 Å². The first-order chi connectivity index (χ1) is 16.8. The third-order valence-corrected chi connectivity index (χ3v) is 6.72. The fourth-order valence-corrected chi connectivity index (χ4v) is 4.97. The average molecular weight is 576 g/mol. The zero-order valence-electron chi connectivity index (χ0n) is 18.1. The number of benzene rings is 3. The lowest BCUT2D eigenvalue weighted by atomic mass is 10.1. The van der Waals surface area contributed by atoms with E-state index in [1.807, 2.05) is 0 Å². The van der Waals surface area contributed by atoms with E-state index in [1.165, 1.54) is 19.2 Å². The predicted molar refractivity (Wildman–Crippen MR) is 138 cm³/mol. The molecule has 0 aromatic heterocycles. The number of carbonyl (C=O) groups excluding carboxylic acids is 2. The largest absolute Gasteiger partial charge is 0.493 e. The number of non-ortho nitro benzene ring substituents is 1. The number of hydrogen-bond acceptors (Lipinski definition) is 7. The molecule has 4 rings (SSSR count). The van der Waals surface area contributed by atoms with Crippen LogP contribution < -0.4 is 14.4 Å². The van der Waals surface area contributed by atoms with E-state index in [-0.39, 0.29) is 17.2 Å². The normalized spacial score (nSPS) is 14.5. The number of halogens is 2. The van der Waals surface area contributed by atoms with Crippen molar-refractivity contribution in [2.45, 2.75) is 6.61 Å². The molecule has 3 aromatic carbocycles. The van der Waals surface area contributed by atoms with Gasteiger partial charge in [0.2, 0.25) is 0 Å². The summed E-state index contributed by atoms with van der Waals surface area (Å²) in [5.41, 5.74) is 1.51. The van der Waals surface area contributed by atoms with Crippen molar-refractivity contribution in [3.05, 3.63) is 96.3 Å². The van der Waals surface area contributed by atoms with Crippen LogP contribution in [-0.2, 0) is 11.4 Å². The number of para-hydroxylation sites is 1. The van der Waals surface area contributed by atoms with Gasteiger partial charge in [0.25, 0.3) is 16.8 Å². The highest BCUT2D eigenvalue weighted by atomic mass is 79.9. The monoisotopic (exact) mass is 574 g/mol. The molecule has 0 spiro atoms. The molecule has 178 valence electrons. The quantitative estimate of drug-likeness (QED) is 0.173. The summed E-state index contributed by atoms with van der Waals surface area (Å²) >= 11 is 10.4. The molecule has 1 heterocycles. The molecule has 1 aliphatic rings. The number of methoxy groups -OCH3 is 1. The summed E-state index contributed by atoms with van der Waals surface area (Å²) in [7, 11) is 1.47. The summed E-state index contributed by atoms with van der Waals surface area (Å²) in [6.07, 6.45) is 1.58. The summed E-state index contributed by atoms with van der Waals surface area (Å²) in [5.74, 6) is 0.288. The zero-order valence-corrected chi connectivity index (χ0v) is 21.2. The number of nitro benzene ring substituents is 1. The fraction of sp³-hybridized carbons (Fsp3) is 0.0833. The molecular formula is C24H16BrClN2O6S. The van der Waals surface area contributed by atoms with Crippen molar-refractivity contribution in [3.63, 3.8) is 0 Å². The lowest BCUT2D eigenvalue weighted by Crippen LogP contribution is -2.27. The summed E-state index contributed by atoms with van der Waals surface area (Å²) in [6, 6.07) is 16.2. The van der Waals surface area contributed by atoms with E-state index >= 15 is 0 Å². The van der Waals surface area contributed by atoms with Crippen LogP contribution in [0.3, 0.4) is 0 Å². The maximum atomic E-state index is 13.0. The van der Waals surface area contributed by atoms with Crippen LogP contribution in [0.15, 0.2) is 70.0 Å². The van der Waals surface area contributed by atoms with Gasteiger partial charge in [-0.3, -0.25) is 19.7 Å². The number of amides is 2. The summed E-state index contributed by atoms with van der Waals surface area (Å²) in [4.78, 5) is 37.3. The standard InChI is InChI=1S/C24H16BrClN2O6S/c1-33-20-11-15(10-17(25)22(20)34-13-14-5-4-6-16(9-14)28(31)32)12-21-23(29)27(24(30)35-21)19-8-3-2-7-18(19)26/h2-12H,13H2,1H3/b21-12-. The Balaban J connectivity index is 1.58. The molecule has 8 nitrogen and oxygen atoms in total. The lowest BCUT2D eigenvalue weighted by molar-refractivity contribution is -0.384. The van der Waals surface area contributed by atoms with Gasteiger partial charge in [-0.25, -0.2) is 4.90 Å². The molecule has 2 amide bonds. The Bertz CT molecular complexity index is 1380. The number of imide groups is 1. The summed E-state index contributed by atoms with van der Waals surface area (Å²) < 4.78 is 11.9. The Kier molecular flexibility index (Phi) is 7.44. The maximum Gasteiger partial charge on any atom is 0.298 e. The van der Waals surface area contributed by atoms with Crippen molar-refractivity contribution in [3.8, 4) is 11.5 Å². The molecule has 35 heavy (non-hydrogen) atoms. The van der Waals surface area contributed by atoms with Crippen molar-refractivity contribution >= 4 is 67.9 Å². The van der Waals surface area contributed by atoms with E-state index in [4.69, 9.17) is 21.1 Å². The lowest BCUT2D eigenvalue weighted by Gasteiger charge is -2.14. The van der Waals surface area contributed by atoms with E-state index in [9.17, 15) is 19.7 Å². The average Bonchev–Trinajstić information content (AvgIpc) is 3.11. The van der Waals surface area contributed by atoms with Gasteiger partial charge in [-0.15, -0.1) is 0 Å². The van der Waals surface area contributed by atoms with E-state index in [0.29, 0.717) is 37.8 Å². The van der Waals surface area contributed by atoms with Crippen molar-refractivity contribution < 1.29 is 24.0 Å². The van der Waals surface area contributed by atoms with Gasteiger partial charge in [0, 0.05) is 12.1 Å². The molecule has 0 atom stereocenters. The number of nitrogens with zero attached hydrogens (tertiary/aromatic N) is 2. The highest BCUT2D eigenvalue weighted by Gasteiger charge is 2.37. The van der Waals surface area contributed by atoms with Crippen molar-refractivity contribution in [1.82, 2.24) is 0 Å². The molecule has 0 unspecified atom stereocenters. The van der Waals surface area contributed by atoms with Gasteiger partial charge in [-0.2, -0.15) is 0 Å². The van der Waals surface area contributed by atoms with Gasteiger partial charge in [-0.1, -0.05) is 35.9 Å². The first kappa shape index (κ1) is 24.8. The molecule has 1 aliphatic heterocycles. The van der Waals surface area contributed by atoms with Gasteiger partial charge >= 0.3 is 0 Å². The van der Waals surface area contributed by atoms with Gasteiger partial charge in [0.15, 0.2) is 11.5 Å².